The molecule has 0 heterocycles. The van der Waals surface area contributed by atoms with Crippen LogP contribution in [0.5, 0.6) is 5.75 Å². The van der Waals surface area contributed by atoms with E-state index in [0.29, 0.717) is 5.75 Å². The number of benzene rings is 2. The van der Waals surface area contributed by atoms with E-state index in [1.165, 1.54) is 5.30 Å². The Bertz CT molecular complexity index is 374. The van der Waals surface area contributed by atoms with Crippen molar-refractivity contribution in [1.29, 1.82) is 0 Å². The molecule has 1 N–H and O–H groups in total. The Morgan fingerprint density at radius 3 is 1.64 bits per heavy atom. The molecular weight excluding hydrogens is 191 g/mol. The molecule has 0 radical (unpaired) electrons. The van der Waals surface area contributed by atoms with E-state index in [9.17, 15) is 0 Å². The minimum atomic E-state index is 0.302. The molecule has 1 unspecified atom stereocenters. The third kappa shape index (κ3) is 1.94. The van der Waals surface area contributed by atoms with Gasteiger partial charge in [0.05, 0.1) is 0 Å². The number of phenolic OH excluding ortho intramolecular Hbond substituents is 1. The predicted octanol–water partition coefficient (Wildman–Crippen LogP) is 2.56. The van der Waals surface area contributed by atoms with E-state index in [1.54, 1.807) is 12.1 Å². The van der Waals surface area contributed by atoms with Crippen LogP contribution in [0, 0.1) is 0 Å². The molecule has 0 fully saturated rings. The van der Waals surface area contributed by atoms with Crippen LogP contribution in [-0.4, -0.2) is 5.11 Å². The average Bonchev–Trinajstić information content (AvgIpc) is 2.21. The zero-order valence-corrected chi connectivity index (χ0v) is 8.80. The van der Waals surface area contributed by atoms with E-state index in [2.05, 4.69) is 21.4 Å². The van der Waals surface area contributed by atoms with Crippen LogP contribution < -0.4 is 5.30 Å². The fraction of sp³-hybridized carbons (Fsp3) is 0. The van der Waals surface area contributed by atoms with Gasteiger partial charge in [0.2, 0.25) is 0 Å². The highest BCUT2D eigenvalue weighted by molar-refractivity contribution is 7.27. The van der Waals surface area contributed by atoms with Gasteiger partial charge in [0.1, 0.15) is 5.75 Å². The highest BCUT2D eigenvalue weighted by Crippen LogP contribution is 2.20. The summed E-state index contributed by atoms with van der Waals surface area (Å²) >= 11 is 0. The first kappa shape index (κ1) is 9.23. The van der Waals surface area contributed by atoms with Gasteiger partial charge < -0.3 is 5.11 Å². The summed E-state index contributed by atoms with van der Waals surface area (Å²) in [5, 5.41) is 10.3. The Morgan fingerprint density at radius 1 is 0.714 bits per heavy atom. The Balaban J connectivity index is 2.40. The van der Waals surface area contributed by atoms with E-state index < -0.39 is 0 Å². The van der Waals surface area contributed by atoms with Crippen molar-refractivity contribution < 1.29 is 5.11 Å². The predicted molar refractivity (Wildman–Crippen MR) is 62.9 cm³/mol. The van der Waals surface area contributed by atoms with Gasteiger partial charge in [-0.1, -0.05) is 36.4 Å². The summed E-state index contributed by atoms with van der Waals surface area (Å²) < 4.78 is 0. The second-order valence-corrected chi connectivity index (χ2v) is 3.84. The first-order valence-electron chi connectivity index (χ1n) is 4.41. The molecule has 0 aliphatic heterocycles. The van der Waals surface area contributed by atoms with Gasteiger partial charge in [0, 0.05) is 0 Å². The maximum Gasteiger partial charge on any atom is 0.115 e. The SMILES string of the molecule is Oc1ccc(-c2ccc(P)cc2)cc1. The zero-order chi connectivity index (χ0) is 9.97. The molecule has 0 aliphatic carbocycles. The lowest BCUT2D eigenvalue weighted by Crippen LogP contribution is -1.87. The maximum absolute atomic E-state index is 9.14. The molecule has 0 aliphatic rings. The van der Waals surface area contributed by atoms with E-state index in [4.69, 9.17) is 5.11 Å². The highest BCUT2D eigenvalue weighted by Gasteiger charge is 1.96. The van der Waals surface area contributed by atoms with Gasteiger partial charge in [-0.2, -0.15) is 0 Å². The van der Waals surface area contributed by atoms with Gasteiger partial charge >= 0.3 is 0 Å². The van der Waals surface area contributed by atoms with Crippen LogP contribution in [-0.2, 0) is 0 Å². The van der Waals surface area contributed by atoms with Crippen molar-refractivity contribution in [1.82, 2.24) is 0 Å². The minimum Gasteiger partial charge on any atom is -0.508 e. The fourth-order valence-electron chi connectivity index (χ4n) is 1.33. The van der Waals surface area contributed by atoms with Gasteiger partial charge in [-0.15, -0.1) is 9.24 Å². The second kappa shape index (κ2) is 3.81. The molecule has 2 rings (SSSR count). The van der Waals surface area contributed by atoms with E-state index in [-0.39, 0.29) is 0 Å². The fourth-order valence-corrected chi connectivity index (χ4v) is 1.52. The van der Waals surface area contributed by atoms with Crippen LogP contribution in [0.3, 0.4) is 0 Å². The topological polar surface area (TPSA) is 20.2 Å². The monoisotopic (exact) mass is 202 g/mol. The lowest BCUT2D eigenvalue weighted by molar-refractivity contribution is 0.475. The normalized spacial score (nSPS) is 10.1. The summed E-state index contributed by atoms with van der Waals surface area (Å²) in [5.41, 5.74) is 2.28. The van der Waals surface area contributed by atoms with Gasteiger partial charge in [-0.25, -0.2) is 0 Å². The molecule has 2 aromatic carbocycles. The van der Waals surface area contributed by atoms with Gasteiger partial charge in [0.15, 0.2) is 0 Å². The van der Waals surface area contributed by atoms with Crippen LogP contribution in [0.15, 0.2) is 48.5 Å². The van der Waals surface area contributed by atoms with E-state index in [0.717, 1.165) is 11.1 Å². The number of rotatable bonds is 1. The Labute approximate surface area is 85.6 Å². The van der Waals surface area contributed by atoms with Crippen LogP contribution in [0.2, 0.25) is 0 Å². The van der Waals surface area contributed by atoms with E-state index in [1.807, 2.05) is 24.3 Å². The van der Waals surface area contributed by atoms with Crippen molar-refractivity contribution in [2.24, 2.45) is 0 Å². The Hall–Kier alpha value is -1.33. The molecule has 2 heteroatoms. The summed E-state index contributed by atoms with van der Waals surface area (Å²) in [6.07, 6.45) is 0. The van der Waals surface area contributed by atoms with Crippen molar-refractivity contribution in [2.75, 3.05) is 0 Å². The standard InChI is InChI=1S/C12H11OP/c13-11-5-1-9(2-6-11)10-3-7-12(14)8-4-10/h1-8,13H,14H2. The lowest BCUT2D eigenvalue weighted by Gasteiger charge is -2.01. The zero-order valence-electron chi connectivity index (χ0n) is 7.64. The van der Waals surface area contributed by atoms with Crippen LogP contribution in [0.1, 0.15) is 0 Å². The average molecular weight is 202 g/mol. The Morgan fingerprint density at radius 2 is 1.14 bits per heavy atom. The third-order valence-electron chi connectivity index (χ3n) is 2.11. The molecule has 70 valence electrons. The second-order valence-electron chi connectivity index (χ2n) is 3.17. The molecular formula is C12H11OP. The van der Waals surface area contributed by atoms with Gasteiger partial charge in [-0.05, 0) is 28.6 Å². The molecule has 1 nitrogen and oxygen atoms in total. The number of hydrogen-bond acceptors (Lipinski definition) is 1. The van der Waals surface area contributed by atoms with Crippen molar-refractivity contribution >= 4 is 14.5 Å². The van der Waals surface area contributed by atoms with Crippen molar-refractivity contribution in [3.05, 3.63) is 48.5 Å². The molecule has 0 saturated heterocycles. The quantitative estimate of drug-likeness (QED) is 0.704. The van der Waals surface area contributed by atoms with Crippen LogP contribution in [0.4, 0.5) is 0 Å². The third-order valence-corrected chi connectivity index (χ3v) is 2.50. The summed E-state index contributed by atoms with van der Waals surface area (Å²) in [6, 6.07) is 15.4. The smallest absolute Gasteiger partial charge is 0.115 e. The number of aromatic hydroxyl groups is 1. The largest absolute Gasteiger partial charge is 0.508 e. The molecule has 0 saturated carbocycles. The highest BCUT2D eigenvalue weighted by atomic mass is 31.0. The molecule has 0 bridgehead atoms. The first-order chi connectivity index (χ1) is 6.75. The minimum absolute atomic E-state index is 0.302. The van der Waals surface area contributed by atoms with E-state index >= 15 is 0 Å². The summed E-state index contributed by atoms with van der Waals surface area (Å²) in [6.45, 7) is 0. The number of phenols is 1. The molecule has 0 aromatic heterocycles. The van der Waals surface area contributed by atoms with Crippen molar-refractivity contribution in [2.45, 2.75) is 0 Å². The van der Waals surface area contributed by atoms with Gasteiger partial charge in [0.25, 0.3) is 0 Å². The summed E-state index contributed by atoms with van der Waals surface area (Å²) in [7, 11) is 2.66. The Kier molecular flexibility index (Phi) is 2.51. The molecule has 14 heavy (non-hydrogen) atoms. The molecule has 2 aromatic rings. The van der Waals surface area contributed by atoms with Crippen molar-refractivity contribution in [3.8, 4) is 16.9 Å². The van der Waals surface area contributed by atoms with Crippen LogP contribution in [0.25, 0.3) is 11.1 Å². The molecule has 0 spiro atoms. The maximum atomic E-state index is 9.14. The number of hydrogen-bond donors (Lipinski definition) is 1. The van der Waals surface area contributed by atoms with Gasteiger partial charge in [-0.3, -0.25) is 0 Å². The first-order valence-corrected chi connectivity index (χ1v) is 4.98. The molecule has 1 atom stereocenters. The van der Waals surface area contributed by atoms with Crippen LogP contribution >= 0.6 is 9.24 Å². The summed E-state index contributed by atoms with van der Waals surface area (Å²) in [4.78, 5) is 0. The lowest BCUT2D eigenvalue weighted by atomic mass is 10.1. The van der Waals surface area contributed by atoms with Crippen molar-refractivity contribution in [3.63, 3.8) is 0 Å². The molecule has 0 amide bonds. The summed E-state index contributed by atoms with van der Waals surface area (Å²) in [5.74, 6) is 0.302.